The predicted molar refractivity (Wildman–Crippen MR) is 218 cm³/mol. The lowest BCUT2D eigenvalue weighted by atomic mass is 9.82. The molecule has 0 aliphatic heterocycles. The largest absolute Gasteiger partial charge is 0.456 e. The molecule has 0 radical (unpaired) electrons. The Labute approximate surface area is 306 Å². The summed E-state index contributed by atoms with van der Waals surface area (Å²) in [6.07, 6.45) is 0. The second-order valence-corrected chi connectivity index (χ2v) is 14.6. The molecule has 0 unspecified atom stereocenters. The Balaban J connectivity index is 1.16. The molecule has 7 aromatic carbocycles. The average molecular weight is 680 g/mol. The summed E-state index contributed by atoms with van der Waals surface area (Å²) in [5.74, 6) is 0.636. The quantitative estimate of drug-likeness (QED) is 0.186. The van der Waals surface area contributed by atoms with E-state index in [-0.39, 0.29) is 5.41 Å². The van der Waals surface area contributed by atoms with Crippen molar-refractivity contribution < 1.29 is 4.42 Å². The topological polar surface area (TPSA) is 43.9 Å². The highest BCUT2D eigenvalue weighted by atomic mass is 16.3. The van der Waals surface area contributed by atoms with Gasteiger partial charge in [-0.3, -0.25) is 4.57 Å². The van der Waals surface area contributed by atoms with Crippen LogP contribution in [0, 0.1) is 0 Å². The van der Waals surface area contributed by atoms with Gasteiger partial charge in [0, 0.05) is 38.1 Å². The van der Waals surface area contributed by atoms with Crippen LogP contribution >= 0.6 is 0 Å². The van der Waals surface area contributed by atoms with Crippen molar-refractivity contribution in [3.63, 3.8) is 0 Å². The normalized spacial score (nSPS) is 13.2. The van der Waals surface area contributed by atoms with Crippen LogP contribution in [0.25, 0.3) is 94.5 Å². The highest BCUT2D eigenvalue weighted by Gasteiger charge is 2.36. The van der Waals surface area contributed by atoms with Crippen LogP contribution in [0.15, 0.2) is 168 Å². The van der Waals surface area contributed by atoms with E-state index in [1.807, 2.05) is 12.1 Å². The first-order chi connectivity index (χ1) is 26.0. The average Bonchev–Trinajstić information content (AvgIpc) is 3.82. The Morgan fingerprint density at radius 1 is 0.453 bits per heavy atom. The van der Waals surface area contributed by atoms with Gasteiger partial charge in [0.05, 0.1) is 22.4 Å². The van der Waals surface area contributed by atoms with Crippen molar-refractivity contribution >= 4 is 43.7 Å². The molecule has 0 atom stereocenters. The molecule has 0 amide bonds. The van der Waals surface area contributed by atoms with Crippen LogP contribution in [-0.4, -0.2) is 14.5 Å². The van der Waals surface area contributed by atoms with E-state index in [0.29, 0.717) is 5.95 Å². The van der Waals surface area contributed by atoms with E-state index in [9.17, 15) is 0 Å². The maximum atomic E-state index is 6.65. The van der Waals surface area contributed by atoms with E-state index in [0.717, 1.165) is 77.4 Å². The molecule has 10 aromatic rings. The molecule has 0 saturated carbocycles. The Bertz CT molecular complexity index is 3020. The van der Waals surface area contributed by atoms with Crippen LogP contribution in [0.1, 0.15) is 25.0 Å². The molecule has 250 valence electrons. The summed E-state index contributed by atoms with van der Waals surface area (Å²) in [7, 11) is 0. The summed E-state index contributed by atoms with van der Waals surface area (Å²) in [5.41, 5.74) is 15.2. The number of hydrogen-bond acceptors (Lipinski definition) is 3. The fourth-order valence-electron chi connectivity index (χ4n) is 8.66. The van der Waals surface area contributed by atoms with Gasteiger partial charge in [0.1, 0.15) is 11.2 Å². The van der Waals surface area contributed by atoms with E-state index in [4.69, 9.17) is 14.4 Å². The first-order valence-electron chi connectivity index (χ1n) is 18.2. The van der Waals surface area contributed by atoms with Crippen molar-refractivity contribution in [2.24, 2.45) is 0 Å². The molecule has 4 nitrogen and oxygen atoms in total. The summed E-state index contributed by atoms with van der Waals surface area (Å²) in [5, 5.41) is 4.57. The van der Waals surface area contributed by atoms with Crippen molar-refractivity contribution in [1.82, 2.24) is 14.5 Å². The van der Waals surface area contributed by atoms with Gasteiger partial charge in [-0.15, -0.1) is 0 Å². The SMILES string of the molecule is CC1(C)c2ccccc2-c2cc3c(cc21)oc1cccc(-c2ccc4c5ccccc5n(-c5nc(-c6ccccc6)cc(-c6ccccc6)n5)c4c2)c13. The molecular weight excluding hydrogens is 647 g/mol. The molecule has 11 rings (SSSR count). The molecule has 1 aliphatic carbocycles. The lowest BCUT2D eigenvalue weighted by molar-refractivity contribution is 0.647. The number of rotatable bonds is 4. The molecule has 3 aromatic heterocycles. The van der Waals surface area contributed by atoms with E-state index < -0.39 is 0 Å². The van der Waals surface area contributed by atoms with Gasteiger partial charge in [0.2, 0.25) is 5.95 Å². The molecule has 0 fully saturated rings. The van der Waals surface area contributed by atoms with Crippen LogP contribution in [-0.2, 0) is 5.41 Å². The van der Waals surface area contributed by atoms with E-state index in [1.54, 1.807) is 0 Å². The van der Waals surface area contributed by atoms with Gasteiger partial charge in [0.15, 0.2) is 0 Å². The maximum absolute atomic E-state index is 6.65. The number of nitrogens with zero attached hydrogens (tertiary/aromatic N) is 3. The third kappa shape index (κ3) is 4.42. The summed E-state index contributed by atoms with van der Waals surface area (Å²) in [4.78, 5) is 10.5. The van der Waals surface area contributed by atoms with Crippen LogP contribution < -0.4 is 0 Å². The predicted octanol–water partition coefficient (Wildman–Crippen LogP) is 12.8. The Morgan fingerprint density at radius 2 is 1.11 bits per heavy atom. The minimum Gasteiger partial charge on any atom is -0.456 e. The Morgan fingerprint density at radius 3 is 1.89 bits per heavy atom. The Hall–Kier alpha value is -6.78. The van der Waals surface area contributed by atoms with Gasteiger partial charge in [-0.05, 0) is 69.8 Å². The van der Waals surface area contributed by atoms with E-state index in [1.165, 1.54) is 22.3 Å². The second-order valence-electron chi connectivity index (χ2n) is 14.6. The molecule has 0 N–H and O–H groups in total. The Kier molecular flexibility index (Phi) is 6.27. The van der Waals surface area contributed by atoms with Gasteiger partial charge in [0.25, 0.3) is 0 Å². The van der Waals surface area contributed by atoms with Crippen LogP contribution in [0.5, 0.6) is 0 Å². The van der Waals surface area contributed by atoms with Crippen molar-refractivity contribution in [1.29, 1.82) is 0 Å². The number of para-hydroxylation sites is 1. The molecule has 4 heteroatoms. The van der Waals surface area contributed by atoms with Crippen molar-refractivity contribution in [3.8, 4) is 50.7 Å². The van der Waals surface area contributed by atoms with Gasteiger partial charge in [-0.25, -0.2) is 9.97 Å². The summed E-state index contributed by atoms with van der Waals surface area (Å²) < 4.78 is 8.87. The number of hydrogen-bond donors (Lipinski definition) is 0. The van der Waals surface area contributed by atoms with Crippen molar-refractivity contribution in [3.05, 3.63) is 175 Å². The zero-order chi connectivity index (χ0) is 35.3. The molecule has 0 saturated heterocycles. The highest BCUT2D eigenvalue weighted by Crippen LogP contribution is 2.51. The fourth-order valence-corrected chi connectivity index (χ4v) is 8.66. The van der Waals surface area contributed by atoms with Gasteiger partial charge >= 0.3 is 0 Å². The molecule has 1 aliphatic rings. The van der Waals surface area contributed by atoms with E-state index >= 15 is 0 Å². The van der Waals surface area contributed by atoms with Gasteiger partial charge in [-0.2, -0.15) is 0 Å². The summed E-state index contributed by atoms with van der Waals surface area (Å²) >= 11 is 0. The standard InChI is InChI=1S/C49H33N3O/c1-49(2)39-21-11-9-18-34(39)37-27-38-46(28-40(37)49)53-45-23-13-20-33(47(38)45)32-24-25-36-35-19-10-12-22-43(35)52(44(36)26-32)48-50-41(30-14-5-3-6-15-30)29-42(51-48)31-16-7-4-8-17-31/h3-29H,1-2H3. The minimum atomic E-state index is -0.0966. The van der Waals surface area contributed by atoms with Crippen LogP contribution in [0.3, 0.4) is 0 Å². The fraction of sp³-hybridized carbons (Fsp3) is 0.0612. The molecule has 0 spiro atoms. The zero-order valence-corrected chi connectivity index (χ0v) is 29.3. The molecular formula is C49H33N3O. The maximum Gasteiger partial charge on any atom is 0.235 e. The lowest BCUT2D eigenvalue weighted by Gasteiger charge is -2.21. The highest BCUT2D eigenvalue weighted by molar-refractivity contribution is 6.16. The third-order valence-corrected chi connectivity index (χ3v) is 11.2. The van der Waals surface area contributed by atoms with Gasteiger partial charge < -0.3 is 4.42 Å². The number of aromatic nitrogens is 3. The molecule has 3 heterocycles. The smallest absolute Gasteiger partial charge is 0.235 e. The second kappa shape index (κ2) is 11.1. The van der Waals surface area contributed by atoms with E-state index in [2.05, 4.69) is 170 Å². The molecule has 0 bridgehead atoms. The third-order valence-electron chi connectivity index (χ3n) is 11.2. The monoisotopic (exact) mass is 679 g/mol. The van der Waals surface area contributed by atoms with Crippen LogP contribution in [0.4, 0.5) is 0 Å². The first-order valence-corrected chi connectivity index (χ1v) is 18.2. The first kappa shape index (κ1) is 29.9. The molecule has 53 heavy (non-hydrogen) atoms. The lowest BCUT2D eigenvalue weighted by Crippen LogP contribution is -2.14. The zero-order valence-electron chi connectivity index (χ0n) is 29.3. The van der Waals surface area contributed by atoms with Crippen LogP contribution in [0.2, 0.25) is 0 Å². The minimum absolute atomic E-state index is 0.0966. The van der Waals surface area contributed by atoms with Crippen molar-refractivity contribution in [2.75, 3.05) is 0 Å². The summed E-state index contributed by atoms with van der Waals surface area (Å²) in [6, 6.07) is 58.0. The number of benzene rings is 7. The van der Waals surface area contributed by atoms with Gasteiger partial charge in [-0.1, -0.05) is 141 Å². The number of furan rings is 1. The van der Waals surface area contributed by atoms with Crippen molar-refractivity contribution in [2.45, 2.75) is 19.3 Å². The summed E-state index contributed by atoms with van der Waals surface area (Å²) in [6.45, 7) is 4.63. The number of fused-ring (bicyclic) bond motifs is 9.